The fraction of sp³-hybridized carbons (Fsp3) is 1.00. The predicted octanol–water partition coefficient (Wildman–Crippen LogP) is -5.40. The molecule has 2 saturated heterocycles. The molecule has 0 spiro atoms. The van der Waals surface area contributed by atoms with Gasteiger partial charge in [-0.05, 0) is 0 Å². The fourth-order valence-electron chi connectivity index (χ4n) is 2.57. The Labute approximate surface area is 130 Å². The maximum atomic E-state index is 9.94. The van der Waals surface area contributed by atoms with Crippen LogP contribution in [-0.2, 0) is 14.2 Å². The van der Waals surface area contributed by atoms with Gasteiger partial charge in [-0.15, -0.1) is 0 Å². The van der Waals surface area contributed by atoms with E-state index in [2.05, 4.69) is 0 Å². The molecule has 2 aliphatic heterocycles. The van der Waals surface area contributed by atoms with Gasteiger partial charge in [0.25, 0.3) is 0 Å². The highest BCUT2D eigenvalue weighted by Crippen LogP contribution is 2.28. The summed E-state index contributed by atoms with van der Waals surface area (Å²) >= 11 is 0. The average Bonchev–Trinajstić information content (AvgIpc) is 2.55. The van der Waals surface area contributed by atoms with Crippen LogP contribution in [0.5, 0.6) is 0 Å². The van der Waals surface area contributed by atoms with E-state index in [0.717, 1.165) is 0 Å². The molecule has 2 rings (SSSR count). The Balaban J connectivity index is 2.11. The quantitative estimate of drug-likeness (QED) is 0.243. The minimum absolute atomic E-state index is 0.667. The summed E-state index contributed by atoms with van der Waals surface area (Å²) in [6, 6.07) is 0. The Morgan fingerprint density at radius 3 is 1.83 bits per heavy atom. The average molecular weight is 342 g/mol. The molecular formula is C12H22O11. The van der Waals surface area contributed by atoms with E-state index in [1.807, 2.05) is 0 Å². The lowest BCUT2D eigenvalue weighted by atomic mass is 9.97. The Hall–Kier alpha value is -0.440. The molecule has 0 amide bonds. The van der Waals surface area contributed by atoms with Gasteiger partial charge in [-0.3, -0.25) is 0 Å². The second-order valence-electron chi connectivity index (χ2n) is 5.53. The van der Waals surface area contributed by atoms with Crippen molar-refractivity contribution in [3.8, 4) is 0 Å². The van der Waals surface area contributed by atoms with E-state index in [9.17, 15) is 35.7 Å². The smallest absolute Gasteiger partial charge is 0.187 e. The molecule has 2 aliphatic rings. The number of aliphatic hydroxyl groups is 8. The maximum absolute atomic E-state index is 9.94. The fourth-order valence-corrected chi connectivity index (χ4v) is 2.57. The largest absolute Gasteiger partial charge is 0.394 e. The summed E-state index contributed by atoms with van der Waals surface area (Å²) in [5.41, 5.74) is 0. The van der Waals surface area contributed by atoms with Crippen molar-refractivity contribution in [1.29, 1.82) is 0 Å². The summed E-state index contributed by atoms with van der Waals surface area (Å²) in [5, 5.41) is 76.5. The molecule has 10 atom stereocenters. The van der Waals surface area contributed by atoms with Crippen molar-refractivity contribution < 1.29 is 55.1 Å². The van der Waals surface area contributed by atoms with Gasteiger partial charge < -0.3 is 55.1 Å². The first-order valence-electron chi connectivity index (χ1n) is 7.08. The third-order valence-electron chi connectivity index (χ3n) is 3.98. The molecule has 0 aromatic rings. The van der Waals surface area contributed by atoms with Crippen LogP contribution < -0.4 is 0 Å². The summed E-state index contributed by atoms with van der Waals surface area (Å²) < 4.78 is 15.3. The highest BCUT2D eigenvalue weighted by Gasteiger charge is 2.50. The lowest BCUT2D eigenvalue weighted by Gasteiger charge is -2.45. The van der Waals surface area contributed by atoms with Crippen LogP contribution in [0.1, 0.15) is 0 Å². The van der Waals surface area contributed by atoms with Crippen molar-refractivity contribution in [2.45, 2.75) is 61.4 Å². The van der Waals surface area contributed by atoms with Crippen LogP contribution in [-0.4, -0.2) is 115 Å². The molecular weight excluding hydrogens is 320 g/mol. The minimum atomic E-state index is -1.74. The van der Waals surface area contributed by atoms with E-state index in [1.165, 1.54) is 0 Å². The second kappa shape index (κ2) is 7.63. The van der Waals surface area contributed by atoms with Crippen LogP contribution in [0.25, 0.3) is 0 Å². The standard InChI is InChI=1S/C12H22O11/c13-1-3-5(15)6(16)9(19)12(22-3)23-10-4(2-14)21-11(20)8(18)7(10)17/h3-20H,1-2H2/t3-,4-,5-,6+,7-,8+,9-,10-,11?,12-/m1/s1. The number of aliphatic hydroxyl groups excluding tert-OH is 8. The van der Waals surface area contributed by atoms with E-state index in [0.29, 0.717) is 0 Å². The molecule has 0 aromatic carbocycles. The number of ether oxygens (including phenoxy) is 3. The van der Waals surface area contributed by atoms with Crippen molar-refractivity contribution in [2.24, 2.45) is 0 Å². The molecule has 23 heavy (non-hydrogen) atoms. The van der Waals surface area contributed by atoms with Gasteiger partial charge in [0.2, 0.25) is 0 Å². The molecule has 0 aliphatic carbocycles. The monoisotopic (exact) mass is 342 g/mol. The van der Waals surface area contributed by atoms with Crippen LogP contribution in [0.2, 0.25) is 0 Å². The Kier molecular flexibility index (Phi) is 6.27. The van der Waals surface area contributed by atoms with Crippen molar-refractivity contribution >= 4 is 0 Å². The Morgan fingerprint density at radius 2 is 1.26 bits per heavy atom. The van der Waals surface area contributed by atoms with E-state index in [1.54, 1.807) is 0 Å². The molecule has 136 valence electrons. The molecule has 1 unspecified atom stereocenters. The van der Waals surface area contributed by atoms with Crippen molar-refractivity contribution in [2.75, 3.05) is 13.2 Å². The van der Waals surface area contributed by atoms with Gasteiger partial charge >= 0.3 is 0 Å². The zero-order valence-corrected chi connectivity index (χ0v) is 12.0. The van der Waals surface area contributed by atoms with Crippen molar-refractivity contribution in [1.82, 2.24) is 0 Å². The lowest BCUT2D eigenvalue weighted by molar-refractivity contribution is -0.355. The van der Waals surface area contributed by atoms with Gasteiger partial charge in [0.1, 0.15) is 48.8 Å². The first-order chi connectivity index (χ1) is 10.8. The highest BCUT2D eigenvalue weighted by atomic mass is 16.7. The van der Waals surface area contributed by atoms with Gasteiger partial charge in [-0.25, -0.2) is 0 Å². The molecule has 0 bridgehead atoms. The Morgan fingerprint density at radius 1 is 0.652 bits per heavy atom. The van der Waals surface area contributed by atoms with E-state index in [4.69, 9.17) is 19.3 Å². The van der Waals surface area contributed by atoms with Crippen molar-refractivity contribution in [3.05, 3.63) is 0 Å². The molecule has 0 saturated carbocycles. The third kappa shape index (κ3) is 3.65. The topological polar surface area (TPSA) is 190 Å². The van der Waals surface area contributed by atoms with Gasteiger partial charge in [0.05, 0.1) is 13.2 Å². The second-order valence-corrected chi connectivity index (χ2v) is 5.53. The minimum Gasteiger partial charge on any atom is -0.394 e. The van der Waals surface area contributed by atoms with Crippen LogP contribution in [0.3, 0.4) is 0 Å². The molecule has 0 aromatic heterocycles. The summed E-state index contributed by atoms with van der Waals surface area (Å²) in [4.78, 5) is 0. The number of rotatable bonds is 4. The molecule has 0 radical (unpaired) electrons. The van der Waals surface area contributed by atoms with Gasteiger partial charge in [0, 0.05) is 0 Å². The van der Waals surface area contributed by atoms with E-state index < -0.39 is 74.6 Å². The van der Waals surface area contributed by atoms with E-state index >= 15 is 0 Å². The highest BCUT2D eigenvalue weighted by molar-refractivity contribution is 4.93. The van der Waals surface area contributed by atoms with Gasteiger partial charge in [0.15, 0.2) is 12.6 Å². The van der Waals surface area contributed by atoms with Crippen LogP contribution in [0.4, 0.5) is 0 Å². The van der Waals surface area contributed by atoms with Crippen molar-refractivity contribution in [3.63, 3.8) is 0 Å². The molecule has 2 heterocycles. The van der Waals surface area contributed by atoms with Gasteiger partial charge in [-0.1, -0.05) is 0 Å². The summed E-state index contributed by atoms with van der Waals surface area (Å²) in [6.07, 6.45) is -15.6. The Bertz CT molecular complexity index is 378. The first kappa shape index (κ1) is 18.9. The normalized spacial score (nSPS) is 51.7. The predicted molar refractivity (Wildman–Crippen MR) is 68.6 cm³/mol. The van der Waals surface area contributed by atoms with E-state index in [-0.39, 0.29) is 0 Å². The number of hydrogen-bond donors (Lipinski definition) is 8. The lowest BCUT2D eigenvalue weighted by Crippen LogP contribution is -2.64. The SMILES string of the molecule is OC[C@H]1O[C@H](O[C@H]2[C@H](O)[C@H](O)C(O)O[C@@H]2CO)[C@H](O)[C@@H](O)[C@@H]1O. The third-order valence-corrected chi connectivity index (χ3v) is 3.98. The zero-order chi connectivity index (χ0) is 17.3. The van der Waals surface area contributed by atoms with Crippen LogP contribution in [0.15, 0.2) is 0 Å². The molecule has 11 nitrogen and oxygen atoms in total. The molecule has 11 heteroatoms. The summed E-state index contributed by atoms with van der Waals surface area (Å²) in [5.74, 6) is 0. The molecule has 8 N–H and O–H groups in total. The first-order valence-corrected chi connectivity index (χ1v) is 7.08. The summed E-state index contributed by atoms with van der Waals surface area (Å²) in [6.45, 7) is -1.35. The summed E-state index contributed by atoms with van der Waals surface area (Å²) in [7, 11) is 0. The maximum Gasteiger partial charge on any atom is 0.187 e. The molecule has 2 fully saturated rings. The van der Waals surface area contributed by atoms with Crippen LogP contribution in [0, 0.1) is 0 Å². The zero-order valence-electron chi connectivity index (χ0n) is 12.0. The number of hydrogen-bond acceptors (Lipinski definition) is 11. The van der Waals surface area contributed by atoms with Crippen LogP contribution >= 0.6 is 0 Å². The van der Waals surface area contributed by atoms with Gasteiger partial charge in [-0.2, -0.15) is 0 Å².